The van der Waals surface area contributed by atoms with E-state index in [1.165, 1.54) is 18.2 Å². The Hall–Kier alpha value is -1.76. The molecule has 108 valence electrons. The van der Waals surface area contributed by atoms with Gasteiger partial charge in [-0.1, -0.05) is 6.07 Å². The molecule has 0 radical (unpaired) electrons. The number of halogens is 3. The molecule has 20 heavy (non-hydrogen) atoms. The molecule has 0 spiro atoms. The fourth-order valence-electron chi connectivity index (χ4n) is 2.52. The summed E-state index contributed by atoms with van der Waals surface area (Å²) in [6.45, 7) is 0. The lowest BCUT2D eigenvalue weighted by Crippen LogP contribution is -2.37. The molecule has 1 heterocycles. The van der Waals surface area contributed by atoms with E-state index < -0.39 is 6.36 Å². The van der Waals surface area contributed by atoms with Crippen LogP contribution in [0.15, 0.2) is 24.3 Å². The van der Waals surface area contributed by atoms with Gasteiger partial charge in [-0.15, -0.1) is 13.2 Å². The van der Waals surface area contributed by atoms with Crippen molar-refractivity contribution in [3.05, 3.63) is 24.3 Å². The summed E-state index contributed by atoms with van der Waals surface area (Å²) in [5.41, 5.74) is 0.291. The molecule has 1 aromatic rings. The average Bonchev–Trinajstić information content (AvgIpc) is 2.94. The normalized spacial score (nSPS) is 27.9. The van der Waals surface area contributed by atoms with Gasteiger partial charge < -0.3 is 15.4 Å². The minimum Gasteiger partial charge on any atom is -0.406 e. The fourth-order valence-corrected chi connectivity index (χ4v) is 2.52. The molecule has 1 unspecified atom stereocenters. The summed E-state index contributed by atoms with van der Waals surface area (Å²) in [6, 6.07) is 5.44. The maximum absolute atomic E-state index is 12.1. The van der Waals surface area contributed by atoms with E-state index in [2.05, 4.69) is 15.4 Å². The fraction of sp³-hybridized carbons (Fsp3) is 0.462. The van der Waals surface area contributed by atoms with E-state index in [4.69, 9.17) is 0 Å². The van der Waals surface area contributed by atoms with E-state index in [-0.39, 0.29) is 17.7 Å². The average molecular weight is 286 g/mol. The quantitative estimate of drug-likeness (QED) is 0.896. The molecule has 4 nitrogen and oxygen atoms in total. The lowest BCUT2D eigenvalue weighted by Gasteiger charge is -2.14. The van der Waals surface area contributed by atoms with E-state index in [1.807, 2.05) is 0 Å². The number of ether oxygens (including phenoxy) is 1. The van der Waals surface area contributed by atoms with Crippen molar-refractivity contribution in [1.82, 2.24) is 5.32 Å². The first-order valence-electron chi connectivity index (χ1n) is 6.33. The minimum atomic E-state index is -4.74. The Morgan fingerprint density at radius 2 is 2.15 bits per heavy atom. The second kappa shape index (κ2) is 4.66. The SMILES string of the molecule is O=C(Nc1cccc(OC(F)(F)F)c1)[C@@H]1CC2C[C@H]2N1. The molecule has 1 aliphatic heterocycles. The van der Waals surface area contributed by atoms with Crippen LogP contribution in [0.1, 0.15) is 12.8 Å². The summed E-state index contributed by atoms with van der Waals surface area (Å²) >= 11 is 0. The number of fused-ring (bicyclic) bond motifs is 1. The molecule has 3 atom stereocenters. The molecule has 1 aromatic carbocycles. The number of alkyl halides is 3. The highest BCUT2D eigenvalue weighted by atomic mass is 19.4. The number of amides is 1. The Bertz CT molecular complexity index is 523. The molecular formula is C13H13F3N2O2. The van der Waals surface area contributed by atoms with Crippen molar-refractivity contribution in [3.63, 3.8) is 0 Å². The van der Waals surface area contributed by atoms with Gasteiger partial charge in [0, 0.05) is 17.8 Å². The molecule has 7 heteroatoms. The van der Waals surface area contributed by atoms with Gasteiger partial charge in [0.25, 0.3) is 0 Å². The Labute approximate surface area is 113 Å². The van der Waals surface area contributed by atoms with Crippen LogP contribution in [0.5, 0.6) is 5.75 Å². The van der Waals surface area contributed by atoms with Crippen molar-refractivity contribution >= 4 is 11.6 Å². The van der Waals surface area contributed by atoms with Gasteiger partial charge in [0.2, 0.25) is 5.91 Å². The number of nitrogens with one attached hydrogen (secondary N) is 2. The topological polar surface area (TPSA) is 50.4 Å². The van der Waals surface area contributed by atoms with Gasteiger partial charge in [-0.2, -0.15) is 0 Å². The first-order valence-corrected chi connectivity index (χ1v) is 6.33. The highest BCUT2D eigenvalue weighted by Crippen LogP contribution is 2.40. The number of carbonyl (C=O) groups is 1. The maximum atomic E-state index is 12.1. The molecule has 2 fully saturated rings. The van der Waals surface area contributed by atoms with Crippen LogP contribution in [0.3, 0.4) is 0 Å². The molecule has 2 N–H and O–H groups in total. The van der Waals surface area contributed by atoms with Crippen LogP contribution in [0, 0.1) is 5.92 Å². The smallest absolute Gasteiger partial charge is 0.406 e. The van der Waals surface area contributed by atoms with E-state index >= 15 is 0 Å². The molecular weight excluding hydrogens is 273 g/mol. The zero-order chi connectivity index (χ0) is 14.3. The van der Waals surface area contributed by atoms with Crippen molar-refractivity contribution in [3.8, 4) is 5.75 Å². The van der Waals surface area contributed by atoms with Gasteiger partial charge >= 0.3 is 6.36 Å². The largest absolute Gasteiger partial charge is 0.573 e. The highest BCUT2D eigenvalue weighted by molar-refractivity contribution is 5.95. The third-order valence-electron chi connectivity index (χ3n) is 3.53. The molecule has 1 amide bonds. The number of carbonyl (C=O) groups excluding carboxylic acids is 1. The molecule has 1 aliphatic carbocycles. The van der Waals surface area contributed by atoms with Crippen LogP contribution in [0.2, 0.25) is 0 Å². The van der Waals surface area contributed by atoms with E-state index in [9.17, 15) is 18.0 Å². The number of piperidine rings is 1. The van der Waals surface area contributed by atoms with Crippen LogP contribution >= 0.6 is 0 Å². The van der Waals surface area contributed by atoms with Crippen molar-refractivity contribution in [2.75, 3.05) is 5.32 Å². The van der Waals surface area contributed by atoms with Crippen molar-refractivity contribution in [2.45, 2.75) is 31.3 Å². The Balaban J connectivity index is 1.62. The van der Waals surface area contributed by atoms with Crippen molar-refractivity contribution in [2.24, 2.45) is 5.92 Å². The monoisotopic (exact) mass is 286 g/mol. The zero-order valence-corrected chi connectivity index (χ0v) is 10.4. The second-order valence-corrected chi connectivity index (χ2v) is 5.12. The molecule has 1 saturated heterocycles. The first kappa shape index (κ1) is 13.2. The second-order valence-electron chi connectivity index (χ2n) is 5.12. The van der Waals surface area contributed by atoms with Crippen LogP contribution in [0.25, 0.3) is 0 Å². The number of benzene rings is 1. The zero-order valence-electron chi connectivity index (χ0n) is 10.4. The van der Waals surface area contributed by atoms with Gasteiger partial charge in [-0.25, -0.2) is 0 Å². The van der Waals surface area contributed by atoms with E-state index in [0.717, 1.165) is 18.9 Å². The van der Waals surface area contributed by atoms with Crippen LogP contribution < -0.4 is 15.4 Å². The van der Waals surface area contributed by atoms with E-state index in [0.29, 0.717) is 17.6 Å². The van der Waals surface area contributed by atoms with Crippen LogP contribution in [-0.4, -0.2) is 24.4 Å². The Kier molecular flexibility index (Phi) is 3.08. The predicted octanol–water partition coefficient (Wildman–Crippen LogP) is 2.27. The summed E-state index contributed by atoms with van der Waals surface area (Å²) in [6.07, 6.45) is -2.84. The first-order chi connectivity index (χ1) is 9.40. The van der Waals surface area contributed by atoms with E-state index in [1.54, 1.807) is 0 Å². The minimum absolute atomic E-state index is 0.221. The standard InChI is InChI=1S/C13H13F3N2O2/c14-13(15,16)20-9-3-1-2-8(6-9)17-12(19)11-5-7-4-10(7)18-11/h1-3,6-7,10-11,18H,4-5H2,(H,17,19)/t7?,10-,11+/m1/s1. The maximum Gasteiger partial charge on any atom is 0.573 e. The summed E-state index contributed by atoms with van der Waals surface area (Å²) in [5.74, 6) is 0.00420. The van der Waals surface area contributed by atoms with Gasteiger partial charge in [0.05, 0.1) is 6.04 Å². The number of hydrogen-bond acceptors (Lipinski definition) is 3. The lowest BCUT2D eigenvalue weighted by molar-refractivity contribution is -0.274. The van der Waals surface area contributed by atoms with Gasteiger partial charge in [0.1, 0.15) is 5.75 Å². The van der Waals surface area contributed by atoms with Gasteiger partial charge in [0.15, 0.2) is 0 Å². The third-order valence-corrected chi connectivity index (χ3v) is 3.53. The Morgan fingerprint density at radius 3 is 2.80 bits per heavy atom. The summed E-state index contributed by atoms with van der Waals surface area (Å²) < 4.78 is 40.1. The summed E-state index contributed by atoms with van der Waals surface area (Å²) in [5, 5.41) is 5.78. The van der Waals surface area contributed by atoms with Crippen molar-refractivity contribution in [1.29, 1.82) is 0 Å². The van der Waals surface area contributed by atoms with Gasteiger partial charge in [-0.05, 0) is 30.9 Å². The van der Waals surface area contributed by atoms with Crippen LogP contribution in [0.4, 0.5) is 18.9 Å². The number of rotatable bonds is 3. The summed E-state index contributed by atoms with van der Waals surface area (Å²) in [7, 11) is 0. The van der Waals surface area contributed by atoms with Crippen LogP contribution in [-0.2, 0) is 4.79 Å². The molecule has 1 saturated carbocycles. The number of hydrogen-bond donors (Lipinski definition) is 2. The molecule has 0 bridgehead atoms. The van der Waals surface area contributed by atoms with Gasteiger partial charge in [-0.3, -0.25) is 4.79 Å². The molecule has 3 rings (SSSR count). The summed E-state index contributed by atoms with van der Waals surface area (Å²) in [4.78, 5) is 11.9. The lowest BCUT2D eigenvalue weighted by atomic mass is 10.1. The highest BCUT2D eigenvalue weighted by Gasteiger charge is 2.47. The predicted molar refractivity (Wildman–Crippen MR) is 65.2 cm³/mol. The number of anilines is 1. The van der Waals surface area contributed by atoms with Crippen molar-refractivity contribution < 1.29 is 22.7 Å². The molecule has 2 aliphatic rings. The molecule has 0 aromatic heterocycles. The Morgan fingerprint density at radius 1 is 1.35 bits per heavy atom. The third kappa shape index (κ3) is 3.04.